The highest BCUT2D eigenvalue weighted by atomic mass is 35.5. The summed E-state index contributed by atoms with van der Waals surface area (Å²) in [6, 6.07) is 10.2. The van der Waals surface area contributed by atoms with Crippen LogP contribution in [-0.4, -0.2) is 55.0 Å². The summed E-state index contributed by atoms with van der Waals surface area (Å²) in [4.78, 5) is 30.1. The average Bonchev–Trinajstić information content (AvgIpc) is 3.10. The van der Waals surface area contributed by atoms with E-state index in [0.717, 1.165) is 0 Å². The van der Waals surface area contributed by atoms with Gasteiger partial charge in [-0.3, -0.25) is 9.69 Å². The second-order valence-corrected chi connectivity index (χ2v) is 8.44. The Hall–Kier alpha value is -2.84. The van der Waals surface area contributed by atoms with Crippen molar-refractivity contribution in [3.63, 3.8) is 0 Å². The van der Waals surface area contributed by atoms with Gasteiger partial charge in [-0.05, 0) is 45.0 Å². The van der Waals surface area contributed by atoms with Crippen LogP contribution in [0.4, 0.5) is 10.5 Å². The van der Waals surface area contributed by atoms with Crippen molar-refractivity contribution in [2.45, 2.75) is 32.5 Å². The van der Waals surface area contributed by atoms with Crippen LogP contribution in [0.25, 0.3) is 0 Å². The van der Waals surface area contributed by atoms with Gasteiger partial charge in [0, 0.05) is 23.0 Å². The molecular formula is C22H26ClN3O5. The van der Waals surface area contributed by atoms with Crippen LogP contribution >= 0.6 is 11.6 Å². The molecule has 0 bridgehead atoms. The smallest absolute Gasteiger partial charge is 0.414 e. The van der Waals surface area contributed by atoms with E-state index in [0.29, 0.717) is 41.9 Å². The second-order valence-electron chi connectivity index (χ2n) is 8.00. The van der Waals surface area contributed by atoms with Gasteiger partial charge in [0.2, 0.25) is 5.88 Å². The third-order valence-electron chi connectivity index (χ3n) is 4.35. The number of nitrogens with one attached hydrogen (secondary N) is 1. The van der Waals surface area contributed by atoms with E-state index >= 15 is 0 Å². The number of cyclic esters (lactones) is 1. The zero-order valence-corrected chi connectivity index (χ0v) is 18.5. The molecule has 0 aliphatic carbocycles. The number of carbonyl (C=O) groups excluding carboxylic acids is 2. The number of pyridine rings is 1. The number of benzene rings is 1. The van der Waals surface area contributed by atoms with E-state index in [1.165, 1.54) is 11.1 Å². The van der Waals surface area contributed by atoms with Crippen LogP contribution < -0.4 is 15.0 Å². The molecule has 1 aromatic carbocycles. The number of anilines is 1. The summed E-state index contributed by atoms with van der Waals surface area (Å²) in [5.74, 6) is 0.100. The highest BCUT2D eigenvalue weighted by Gasteiger charge is 2.32. The van der Waals surface area contributed by atoms with Crippen molar-refractivity contribution in [1.82, 2.24) is 10.3 Å². The molecule has 1 N–H and O–H groups in total. The number of aromatic nitrogens is 1. The quantitative estimate of drug-likeness (QED) is 0.621. The van der Waals surface area contributed by atoms with Gasteiger partial charge >= 0.3 is 6.09 Å². The van der Waals surface area contributed by atoms with E-state index in [1.54, 1.807) is 36.4 Å². The summed E-state index contributed by atoms with van der Waals surface area (Å²) in [5.41, 5.74) is 0.811. The average molecular weight is 448 g/mol. The number of amides is 2. The molecular weight excluding hydrogens is 422 g/mol. The normalized spacial score (nSPS) is 16.2. The predicted molar refractivity (Wildman–Crippen MR) is 117 cm³/mol. The van der Waals surface area contributed by atoms with Crippen molar-refractivity contribution < 1.29 is 23.8 Å². The van der Waals surface area contributed by atoms with E-state index in [2.05, 4.69) is 10.3 Å². The first-order valence-electron chi connectivity index (χ1n) is 9.96. The first-order valence-corrected chi connectivity index (χ1v) is 10.3. The number of hydrogen-bond acceptors (Lipinski definition) is 6. The van der Waals surface area contributed by atoms with Gasteiger partial charge in [0.25, 0.3) is 5.91 Å². The van der Waals surface area contributed by atoms with Crippen LogP contribution in [0.15, 0.2) is 42.6 Å². The molecule has 31 heavy (non-hydrogen) atoms. The second kappa shape index (κ2) is 9.98. The number of hydrogen-bond donors (Lipinski definition) is 1. The number of nitrogens with zero attached hydrogens (tertiary/aromatic N) is 2. The van der Waals surface area contributed by atoms with Crippen LogP contribution in [0.2, 0.25) is 5.02 Å². The Balaban J connectivity index is 1.45. The van der Waals surface area contributed by atoms with Crippen molar-refractivity contribution in [3.05, 3.63) is 53.2 Å². The fourth-order valence-corrected chi connectivity index (χ4v) is 3.07. The summed E-state index contributed by atoms with van der Waals surface area (Å²) in [5, 5.41) is 3.29. The van der Waals surface area contributed by atoms with Crippen molar-refractivity contribution in [3.8, 4) is 5.88 Å². The molecule has 2 aromatic rings. The molecule has 1 fully saturated rings. The molecule has 1 aliphatic rings. The van der Waals surface area contributed by atoms with Gasteiger partial charge in [-0.1, -0.05) is 17.7 Å². The molecule has 9 heteroatoms. The van der Waals surface area contributed by atoms with Gasteiger partial charge in [-0.25, -0.2) is 9.78 Å². The lowest BCUT2D eigenvalue weighted by atomic mass is 10.2. The summed E-state index contributed by atoms with van der Waals surface area (Å²) in [7, 11) is 0. The zero-order chi connectivity index (χ0) is 22.4. The number of rotatable bonds is 8. The van der Waals surface area contributed by atoms with Crippen molar-refractivity contribution >= 4 is 29.3 Å². The van der Waals surface area contributed by atoms with E-state index in [-0.39, 0.29) is 18.1 Å². The Bertz CT molecular complexity index is 914. The van der Waals surface area contributed by atoms with Crippen molar-refractivity contribution in [1.29, 1.82) is 0 Å². The minimum absolute atomic E-state index is 0.185. The van der Waals surface area contributed by atoms with Gasteiger partial charge in [0.1, 0.15) is 12.7 Å². The molecule has 1 unspecified atom stereocenters. The predicted octanol–water partition coefficient (Wildman–Crippen LogP) is 3.68. The molecule has 2 heterocycles. The summed E-state index contributed by atoms with van der Waals surface area (Å²) < 4.78 is 16.4. The Labute approximate surface area is 186 Å². The van der Waals surface area contributed by atoms with Crippen LogP contribution in [-0.2, 0) is 9.47 Å². The van der Waals surface area contributed by atoms with Crippen LogP contribution in [0.3, 0.4) is 0 Å². The molecule has 1 aliphatic heterocycles. The van der Waals surface area contributed by atoms with E-state index in [1.807, 2.05) is 20.8 Å². The molecule has 0 radical (unpaired) electrons. The minimum Gasteiger partial charge on any atom is -0.475 e. The van der Waals surface area contributed by atoms with Crippen molar-refractivity contribution in [2.24, 2.45) is 0 Å². The molecule has 1 saturated heterocycles. The Morgan fingerprint density at radius 2 is 2.10 bits per heavy atom. The fourth-order valence-electron chi connectivity index (χ4n) is 2.89. The van der Waals surface area contributed by atoms with Gasteiger partial charge in [0.15, 0.2) is 0 Å². The van der Waals surface area contributed by atoms with E-state index < -0.39 is 12.2 Å². The molecule has 0 saturated carbocycles. The Morgan fingerprint density at radius 1 is 1.29 bits per heavy atom. The van der Waals surface area contributed by atoms with Gasteiger partial charge in [-0.15, -0.1) is 0 Å². The van der Waals surface area contributed by atoms with Gasteiger partial charge < -0.3 is 19.5 Å². The SMILES string of the molecule is CC(C)(C)OCCOc1ccc(C(=O)NCC2CN(c3cccc(Cl)c3)C(=O)O2)cn1. The first-order chi connectivity index (χ1) is 14.7. The number of carbonyl (C=O) groups is 2. The van der Waals surface area contributed by atoms with Crippen molar-refractivity contribution in [2.75, 3.05) is 31.2 Å². The maximum absolute atomic E-state index is 12.4. The summed E-state index contributed by atoms with van der Waals surface area (Å²) in [6.07, 6.45) is 0.503. The minimum atomic E-state index is -0.472. The van der Waals surface area contributed by atoms with E-state index in [9.17, 15) is 9.59 Å². The topological polar surface area (TPSA) is 90.0 Å². The Kier molecular flexibility index (Phi) is 7.35. The van der Waals surface area contributed by atoms with Crippen LogP contribution in [0.1, 0.15) is 31.1 Å². The lowest BCUT2D eigenvalue weighted by molar-refractivity contribution is -0.0168. The lowest BCUT2D eigenvalue weighted by Gasteiger charge is -2.19. The Morgan fingerprint density at radius 3 is 2.77 bits per heavy atom. The van der Waals surface area contributed by atoms with Crippen LogP contribution in [0, 0.1) is 0 Å². The third-order valence-corrected chi connectivity index (χ3v) is 4.59. The zero-order valence-electron chi connectivity index (χ0n) is 17.8. The molecule has 0 spiro atoms. The standard InChI is InChI=1S/C22H26ClN3O5/c1-22(2,3)30-10-9-29-19-8-7-15(12-24-19)20(27)25-13-18-14-26(21(28)31-18)17-6-4-5-16(23)11-17/h4-8,11-12,18H,9-10,13-14H2,1-3H3,(H,25,27). The molecule has 1 aromatic heterocycles. The third kappa shape index (κ3) is 6.83. The van der Waals surface area contributed by atoms with Gasteiger partial charge in [-0.2, -0.15) is 0 Å². The summed E-state index contributed by atoms with van der Waals surface area (Å²) >= 11 is 5.99. The maximum atomic E-state index is 12.4. The number of ether oxygens (including phenoxy) is 3. The summed E-state index contributed by atoms with van der Waals surface area (Å²) in [6.45, 7) is 7.23. The fraction of sp³-hybridized carbons (Fsp3) is 0.409. The molecule has 2 amide bonds. The maximum Gasteiger partial charge on any atom is 0.414 e. The molecule has 166 valence electrons. The van der Waals surface area contributed by atoms with E-state index in [4.69, 9.17) is 25.8 Å². The van der Waals surface area contributed by atoms with Gasteiger partial charge in [0.05, 0.1) is 30.9 Å². The van der Waals surface area contributed by atoms with Crippen LogP contribution in [0.5, 0.6) is 5.88 Å². The largest absolute Gasteiger partial charge is 0.475 e. The molecule has 1 atom stereocenters. The highest BCUT2D eigenvalue weighted by molar-refractivity contribution is 6.30. The monoisotopic (exact) mass is 447 g/mol. The highest BCUT2D eigenvalue weighted by Crippen LogP contribution is 2.24. The lowest BCUT2D eigenvalue weighted by Crippen LogP contribution is -2.34. The number of halogens is 1. The molecule has 8 nitrogen and oxygen atoms in total. The first kappa shape index (κ1) is 22.8. The molecule has 3 rings (SSSR count).